The first-order valence-electron chi connectivity index (χ1n) is 4.30. The number of aliphatic carboxylic acids is 1. The molecule has 0 aliphatic heterocycles. The minimum Gasteiger partial charge on any atom is -0.480 e. The van der Waals surface area contributed by atoms with Crippen molar-refractivity contribution in [3.63, 3.8) is 0 Å². The molecule has 0 rings (SSSR count). The fourth-order valence-corrected chi connectivity index (χ4v) is 1.03. The maximum absolute atomic E-state index is 10.3. The van der Waals surface area contributed by atoms with Gasteiger partial charge in [0.25, 0.3) is 0 Å². The van der Waals surface area contributed by atoms with Crippen molar-refractivity contribution in [2.24, 2.45) is 17.4 Å². The Morgan fingerprint density at radius 2 is 2.08 bits per heavy atom. The molecule has 0 spiro atoms. The van der Waals surface area contributed by atoms with Gasteiger partial charge in [-0.3, -0.25) is 4.79 Å². The lowest BCUT2D eigenvalue weighted by atomic mass is 9.98. The van der Waals surface area contributed by atoms with Crippen molar-refractivity contribution < 1.29 is 9.90 Å². The van der Waals surface area contributed by atoms with Gasteiger partial charge in [0.1, 0.15) is 6.04 Å². The molecule has 0 aromatic carbocycles. The monoisotopic (exact) mass is 174 g/mol. The molecule has 0 amide bonds. The summed E-state index contributed by atoms with van der Waals surface area (Å²) in [6.45, 7) is 2.66. The van der Waals surface area contributed by atoms with Crippen LogP contribution in [-0.2, 0) is 4.79 Å². The van der Waals surface area contributed by atoms with Crippen LogP contribution < -0.4 is 11.5 Å². The molecule has 4 heteroatoms. The zero-order chi connectivity index (χ0) is 9.56. The molecular weight excluding hydrogens is 156 g/mol. The Labute approximate surface area is 72.9 Å². The van der Waals surface area contributed by atoms with Gasteiger partial charge in [-0.25, -0.2) is 0 Å². The highest BCUT2D eigenvalue weighted by molar-refractivity contribution is 5.72. The normalized spacial score (nSPS) is 15.6. The minimum absolute atomic E-state index is 0.412. The molecule has 0 radical (unpaired) electrons. The van der Waals surface area contributed by atoms with Gasteiger partial charge >= 0.3 is 5.97 Å². The van der Waals surface area contributed by atoms with Gasteiger partial charge in [0.2, 0.25) is 0 Å². The second-order valence-corrected chi connectivity index (χ2v) is 3.03. The molecule has 0 aliphatic rings. The summed E-state index contributed by atoms with van der Waals surface area (Å²) in [5.74, 6) is -0.516. The largest absolute Gasteiger partial charge is 0.480 e. The van der Waals surface area contributed by atoms with E-state index in [1.807, 2.05) is 6.92 Å². The van der Waals surface area contributed by atoms with Gasteiger partial charge < -0.3 is 16.6 Å². The van der Waals surface area contributed by atoms with Gasteiger partial charge in [0.15, 0.2) is 0 Å². The highest BCUT2D eigenvalue weighted by Gasteiger charge is 2.13. The summed E-state index contributed by atoms with van der Waals surface area (Å²) in [5.41, 5.74) is 10.8. The molecular formula is C8H18N2O2. The lowest BCUT2D eigenvalue weighted by molar-refractivity contribution is -0.138. The summed E-state index contributed by atoms with van der Waals surface area (Å²) >= 11 is 0. The molecule has 0 aromatic heterocycles. The Balaban J connectivity index is 3.58. The van der Waals surface area contributed by atoms with Crippen LogP contribution in [0.5, 0.6) is 0 Å². The number of nitrogens with two attached hydrogens (primary N) is 2. The van der Waals surface area contributed by atoms with E-state index in [0.29, 0.717) is 18.9 Å². The third-order valence-corrected chi connectivity index (χ3v) is 2.11. The summed E-state index contributed by atoms with van der Waals surface area (Å²) in [6, 6.07) is -0.731. The summed E-state index contributed by atoms with van der Waals surface area (Å²) in [7, 11) is 0. The van der Waals surface area contributed by atoms with Crippen molar-refractivity contribution in [2.75, 3.05) is 6.54 Å². The lowest BCUT2D eigenvalue weighted by Crippen LogP contribution is -2.31. The zero-order valence-electron chi connectivity index (χ0n) is 7.49. The number of carbonyl (C=O) groups is 1. The van der Waals surface area contributed by atoms with Gasteiger partial charge in [-0.05, 0) is 25.3 Å². The zero-order valence-corrected chi connectivity index (χ0v) is 7.49. The van der Waals surface area contributed by atoms with E-state index in [0.717, 1.165) is 12.8 Å². The number of hydrogen-bond acceptors (Lipinski definition) is 3. The third kappa shape index (κ3) is 4.31. The predicted octanol–water partition coefficient (Wildman–Crippen LogP) is 0.163. The van der Waals surface area contributed by atoms with Gasteiger partial charge in [-0.1, -0.05) is 13.3 Å². The number of carboxylic acid groups (broad SMARTS) is 1. The second-order valence-electron chi connectivity index (χ2n) is 3.03. The summed E-state index contributed by atoms with van der Waals surface area (Å²) in [4.78, 5) is 10.3. The Morgan fingerprint density at radius 3 is 2.42 bits per heavy atom. The van der Waals surface area contributed by atoms with E-state index in [-0.39, 0.29) is 0 Å². The number of rotatable bonds is 6. The molecule has 2 atom stereocenters. The highest BCUT2D eigenvalue weighted by atomic mass is 16.4. The number of carboxylic acids is 1. The summed E-state index contributed by atoms with van der Waals surface area (Å²) < 4.78 is 0. The molecule has 12 heavy (non-hydrogen) atoms. The van der Waals surface area contributed by atoms with E-state index in [2.05, 4.69) is 0 Å². The molecule has 0 bridgehead atoms. The van der Waals surface area contributed by atoms with E-state index >= 15 is 0 Å². The van der Waals surface area contributed by atoms with E-state index < -0.39 is 12.0 Å². The van der Waals surface area contributed by atoms with Crippen molar-refractivity contribution in [3.05, 3.63) is 0 Å². The number of hydrogen-bond donors (Lipinski definition) is 3. The standard InChI is InChI=1S/C8H18N2O2/c1-2-6(5-9)3-4-7(10)8(11)12/h6-7H,2-5,9-10H2,1H3,(H,11,12)/t6?,7-/m0/s1. The quantitative estimate of drug-likeness (QED) is 0.535. The van der Waals surface area contributed by atoms with Crippen LogP contribution in [0.25, 0.3) is 0 Å². The Kier molecular flexibility index (Phi) is 5.66. The summed E-state index contributed by atoms with van der Waals surface area (Å²) in [5, 5.41) is 8.48. The van der Waals surface area contributed by atoms with Gasteiger partial charge in [0.05, 0.1) is 0 Å². The lowest BCUT2D eigenvalue weighted by Gasteiger charge is -2.13. The van der Waals surface area contributed by atoms with Crippen LogP contribution in [0, 0.1) is 5.92 Å². The van der Waals surface area contributed by atoms with Crippen LogP contribution >= 0.6 is 0 Å². The van der Waals surface area contributed by atoms with Gasteiger partial charge in [0, 0.05) is 0 Å². The van der Waals surface area contributed by atoms with Crippen molar-refractivity contribution in [2.45, 2.75) is 32.2 Å². The van der Waals surface area contributed by atoms with Crippen LogP contribution in [0.2, 0.25) is 0 Å². The first kappa shape index (κ1) is 11.4. The molecule has 5 N–H and O–H groups in total. The maximum Gasteiger partial charge on any atom is 0.320 e. The fourth-order valence-electron chi connectivity index (χ4n) is 1.03. The van der Waals surface area contributed by atoms with E-state index in [1.165, 1.54) is 0 Å². The predicted molar refractivity (Wildman–Crippen MR) is 47.7 cm³/mol. The van der Waals surface area contributed by atoms with Crippen molar-refractivity contribution in [1.82, 2.24) is 0 Å². The van der Waals surface area contributed by atoms with Crippen LogP contribution in [-0.4, -0.2) is 23.7 Å². The van der Waals surface area contributed by atoms with E-state index in [9.17, 15) is 4.79 Å². The van der Waals surface area contributed by atoms with Gasteiger partial charge in [-0.2, -0.15) is 0 Å². The summed E-state index contributed by atoms with van der Waals surface area (Å²) in [6.07, 6.45) is 2.31. The maximum atomic E-state index is 10.3. The average molecular weight is 174 g/mol. The van der Waals surface area contributed by atoms with E-state index in [4.69, 9.17) is 16.6 Å². The molecule has 1 unspecified atom stereocenters. The Hall–Kier alpha value is -0.610. The smallest absolute Gasteiger partial charge is 0.320 e. The van der Waals surface area contributed by atoms with Gasteiger partial charge in [-0.15, -0.1) is 0 Å². The molecule has 0 fully saturated rings. The molecule has 72 valence electrons. The molecule has 4 nitrogen and oxygen atoms in total. The molecule has 0 saturated heterocycles. The van der Waals surface area contributed by atoms with Crippen molar-refractivity contribution in [3.8, 4) is 0 Å². The van der Waals surface area contributed by atoms with Crippen LogP contribution in [0.3, 0.4) is 0 Å². The van der Waals surface area contributed by atoms with Crippen LogP contribution in [0.4, 0.5) is 0 Å². The average Bonchev–Trinajstić information content (AvgIpc) is 2.05. The first-order chi connectivity index (χ1) is 5.61. The Morgan fingerprint density at radius 1 is 1.50 bits per heavy atom. The minimum atomic E-state index is -0.929. The topological polar surface area (TPSA) is 89.3 Å². The van der Waals surface area contributed by atoms with E-state index in [1.54, 1.807) is 0 Å². The molecule has 0 aromatic rings. The molecule has 0 saturated carbocycles. The van der Waals surface area contributed by atoms with Crippen molar-refractivity contribution >= 4 is 5.97 Å². The Bertz CT molecular complexity index is 135. The van der Waals surface area contributed by atoms with Crippen LogP contribution in [0.1, 0.15) is 26.2 Å². The van der Waals surface area contributed by atoms with Crippen molar-refractivity contribution in [1.29, 1.82) is 0 Å². The van der Waals surface area contributed by atoms with Crippen LogP contribution in [0.15, 0.2) is 0 Å². The fraction of sp³-hybridized carbons (Fsp3) is 0.875. The molecule has 0 aliphatic carbocycles. The second kappa shape index (κ2) is 5.97. The SMILES string of the molecule is CCC(CN)CC[C@H](N)C(=O)O. The molecule has 0 heterocycles. The highest BCUT2D eigenvalue weighted by Crippen LogP contribution is 2.10. The first-order valence-corrected chi connectivity index (χ1v) is 4.30. The third-order valence-electron chi connectivity index (χ3n) is 2.11.